The number of nitro groups is 1. The molecule has 0 aromatic heterocycles. The minimum atomic E-state index is -3.12. The summed E-state index contributed by atoms with van der Waals surface area (Å²) in [6, 6.07) is 5.17. The van der Waals surface area contributed by atoms with Crippen molar-refractivity contribution in [2.75, 3.05) is 18.4 Å². The van der Waals surface area contributed by atoms with Crippen LogP contribution in [0.25, 0.3) is 0 Å². The van der Waals surface area contributed by atoms with Crippen LogP contribution in [0.2, 0.25) is 0 Å². The van der Waals surface area contributed by atoms with Crippen molar-refractivity contribution in [3.8, 4) is 0 Å². The Labute approximate surface area is 135 Å². The summed E-state index contributed by atoms with van der Waals surface area (Å²) >= 11 is 0. The first-order chi connectivity index (χ1) is 10.9. The number of nitrogens with zero attached hydrogens (tertiary/aromatic N) is 2. The Morgan fingerprint density at radius 2 is 1.87 bits per heavy atom. The second-order valence-electron chi connectivity index (χ2n) is 6.34. The fourth-order valence-electron chi connectivity index (χ4n) is 2.97. The fourth-order valence-corrected chi connectivity index (χ4v) is 4.84. The van der Waals surface area contributed by atoms with Crippen LogP contribution in [-0.4, -0.2) is 42.0 Å². The first-order valence-corrected chi connectivity index (χ1v) is 9.39. The number of nitrogens with one attached hydrogen (secondary N) is 1. The van der Waals surface area contributed by atoms with Gasteiger partial charge in [-0.25, -0.2) is 12.7 Å². The minimum absolute atomic E-state index is 0.0575. The van der Waals surface area contributed by atoms with E-state index in [-0.39, 0.29) is 21.9 Å². The third-order valence-corrected chi connectivity index (χ3v) is 6.87. The van der Waals surface area contributed by atoms with Gasteiger partial charge in [-0.2, -0.15) is 0 Å². The molecule has 23 heavy (non-hydrogen) atoms. The summed E-state index contributed by atoms with van der Waals surface area (Å²) in [5, 5.41) is 14.2. The Kier molecular flexibility index (Phi) is 4.29. The lowest BCUT2D eigenvalue weighted by atomic mass is 10.1. The number of aryl methyl sites for hydroxylation is 1. The largest absolute Gasteiger partial charge is 0.377 e. The Bertz CT molecular complexity index is 707. The quantitative estimate of drug-likeness (QED) is 0.656. The normalized spacial score (nSPS) is 20.4. The lowest BCUT2D eigenvalue weighted by Crippen LogP contribution is -2.43. The average Bonchev–Trinajstić information content (AvgIpc) is 3.34. The van der Waals surface area contributed by atoms with Crippen LogP contribution >= 0.6 is 0 Å². The van der Waals surface area contributed by atoms with Crippen LogP contribution in [-0.2, 0) is 10.0 Å². The number of sulfonamides is 1. The summed E-state index contributed by atoms with van der Waals surface area (Å²) in [6.45, 7) is 2.78. The lowest BCUT2D eigenvalue weighted by Gasteiger charge is -2.32. The summed E-state index contributed by atoms with van der Waals surface area (Å²) < 4.78 is 26.0. The molecule has 0 spiro atoms. The van der Waals surface area contributed by atoms with Crippen molar-refractivity contribution < 1.29 is 13.3 Å². The molecule has 1 aromatic rings. The summed E-state index contributed by atoms with van der Waals surface area (Å²) in [7, 11) is -3.12. The number of anilines is 1. The molecule has 126 valence electrons. The molecule has 2 aliphatic rings. The van der Waals surface area contributed by atoms with Gasteiger partial charge in [0.1, 0.15) is 5.69 Å². The molecule has 0 atom stereocenters. The Balaban J connectivity index is 1.64. The number of hydrogen-bond donors (Lipinski definition) is 1. The number of piperidine rings is 1. The molecule has 1 saturated carbocycles. The van der Waals surface area contributed by atoms with Gasteiger partial charge in [0, 0.05) is 25.2 Å². The van der Waals surface area contributed by atoms with Crippen molar-refractivity contribution in [1.82, 2.24) is 4.31 Å². The fraction of sp³-hybridized carbons (Fsp3) is 0.600. The van der Waals surface area contributed by atoms with Crippen molar-refractivity contribution in [1.29, 1.82) is 0 Å². The van der Waals surface area contributed by atoms with E-state index in [1.807, 2.05) is 13.0 Å². The van der Waals surface area contributed by atoms with E-state index in [1.54, 1.807) is 16.4 Å². The summed E-state index contributed by atoms with van der Waals surface area (Å²) in [4.78, 5) is 10.8. The molecule has 2 fully saturated rings. The predicted octanol–water partition coefficient (Wildman–Crippen LogP) is 2.27. The lowest BCUT2D eigenvalue weighted by molar-refractivity contribution is -0.384. The van der Waals surface area contributed by atoms with Gasteiger partial charge >= 0.3 is 0 Å². The molecule has 8 heteroatoms. The zero-order chi connectivity index (χ0) is 16.6. The van der Waals surface area contributed by atoms with E-state index in [2.05, 4.69) is 5.32 Å². The van der Waals surface area contributed by atoms with Gasteiger partial charge in [-0.05, 0) is 44.2 Å². The van der Waals surface area contributed by atoms with E-state index in [1.165, 1.54) is 0 Å². The minimum Gasteiger partial charge on any atom is -0.377 e. The van der Waals surface area contributed by atoms with Gasteiger partial charge in [0.15, 0.2) is 0 Å². The van der Waals surface area contributed by atoms with Gasteiger partial charge in [0.25, 0.3) is 5.69 Å². The van der Waals surface area contributed by atoms with Gasteiger partial charge in [0.2, 0.25) is 10.0 Å². The number of nitro benzene ring substituents is 1. The molecule has 3 rings (SSSR count). The molecule has 0 radical (unpaired) electrons. The Hall–Kier alpha value is -1.67. The molecule has 1 N–H and O–H groups in total. The van der Waals surface area contributed by atoms with Gasteiger partial charge < -0.3 is 5.32 Å². The van der Waals surface area contributed by atoms with Crippen LogP contribution in [0.5, 0.6) is 0 Å². The maximum Gasteiger partial charge on any atom is 0.292 e. The van der Waals surface area contributed by atoms with Crippen molar-refractivity contribution >= 4 is 21.4 Å². The summed E-state index contributed by atoms with van der Waals surface area (Å²) in [6.07, 6.45) is 2.88. The zero-order valence-corrected chi connectivity index (χ0v) is 13.9. The highest BCUT2D eigenvalue weighted by molar-refractivity contribution is 7.90. The molecule has 1 aliphatic carbocycles. The van der Waals surface area contributed by atoms with Crippen LogP contribution < -0.4 is 5.32 Å². The van der Waals surface area contributed by atoms with Crippen LogP contribution in [0.1, 0.15) is 31.2 Å². The Morgan fingerprint density at radius 3 is 2.43 bits per heavy atom. The van der Waals surface area contributed by atoms with E-state index in [0.29, 0.717) is 31.6 Å². The summed E-state index contributed by atoms with van der Waals surface area (Å²) in [5.41, 5.74) is 1.41. The number of rotatable bonds is 5. The van der Waals surface area contributed by atoms with Crippen molar-refractivity contribution in [2.45, 2.75) is 43.9 Å². The standard InChI is InChI=1S/C15H21N3O4S/c1-11-2-5-14(15(10-11)18(19)20)16-12-6-8-17(9-7-12)23(21,22)13-3-4-13/h2,5,10,12-13,16H,3-4,6-9H2,1H3. The highest BCUT2D eigenvalue weighted by Crippen LogP contribution is 2.33. The van der Waals surface area contributed by atoms with Crippen molar-refractivity contribution in [3.05, 3.63) is 33.9 Å². The SMILES string of the molecule is Cc1ccc(NC2CCN(S(=O)(=O)C3CC3)CC2)c([N+](=O)[O-])c1. The predicted molar refractivity (Wildman–Crippen MR) is 88.0 cm³/mol. The third-order valence-electron chi connectivity index (χ3n) is 4.47. The van der Waals surface area contributed by atoms with Gasteiger partial charge in [0.05, 0.1) is 10.2 Å². The molecule has 0 amide bonds. The highest BCUT2D eigenvalue weighted by Gasteiger charge is 2.41. The molecule has 0 unspecified atom stereocenters. The molecule has 1 saturated heterocycles. The second-order valence-corrected chi connectivity index (χ2v) is 8.55. The van der Waals surface area contributed by atoms with Gasteiger partial charge in [-0.3, -0.25) is 10.1 Å². The van der Waals surface area contributed by atoms with E-state index >= 15 is 0 Å². The Morgan fingerprint density at radius 1 is 1.22 bits per heavy atom. The smallest absolute Gasteiger partial charge is 0.292 e. The number of benzene rings is 1. The molecular weight excluding hydrogens is 318 g/mol. The number of hydrogen-bond acceptors (Lipinski definition) is 5. The maximum atomic E-state index is 12.2. The zero-order valence-electron chi connectivity index (χ0n) is 13.1. The van der Waals surface area contributed by atoms with E-state index in [4.69, 9.17) is 0 Å². The van der Waals surface area contributed by atoms with Crippen LogP contribution in [0.15, 0.2) is 18.2 Å². The van der Waals surface area contributed by atoms with E-state index < -0.39 is 10.0 Å². The van der Waals surface area contributed by atoms with Gasteiger partial charge in [-0.1, -0.05) is 6.07 Å². The van der Waals surface area contributed by atoms with E-state index in [9.17, 15) is 18.5 Å². The first-order valence-electron chi connectivity index (χ1n) is 7.88. The third kappa shape index (κ3) is 3.48. The topological polar surface area (TPSA) is 92.6 Å². The maximum absolute atomic E-state index is 12.2. The van der Waals surface area contributed by atoms with Crippen LogP contribution in [0.4, 0.5) is 11.4 Å². The van der Waals surface area contributed by atoms with Crippen LogP contribution in [0.3, 0.4) is 0 Å². The first kappa shape index (κ1) is 16.2. The molecule has 1 heterocycles. The molecule has 0 bridgehead atoms. The molecular formula is C15H21N3O4S. The molecule has 1 aromatic carbocycles. The van der Waals surface area contributed by atoms with E-state index in [0.717, 1.165) is 18.4 Å². The van der Waals surface area contributed by atoms with Crippen LogP contribution in [0, 0.1) is 17.0 Å². The summed E-state index contributed by atoms with van der Waals surface area (Å²) in [5.74, 6) is 0. The molecule has 7 nitrogen and oxygen atoms in total. The highest BCUT2D eigenvalue weighted by atomic mass is 32.2. The molecule has 1 aliphatic heterocycles. The average molecular weight is 339 g/mol. The second kappa shape index (κ2) is 6.09. The van der Waals surface area contributed by atoms with Crippen molar-refractivity contribution in [3.63, 3.8) is 0 Å². The monoisotopic (exact) mass is 339 g/mol. The van der Waals surface area contributed by atoms with Crippen molar-refractivity contribution in [2.24, 2.45) is 0 Å². The van der Waals surface area contributed by atoms with Gasteiger partial charge in [-0.15, -0.1) is 0 Å².